The van der Waals surface area contributed by atoms with Crippen LogP contribution in [-0.2, 0) is 9.53 Å². The molecule has 0 aromatic heterocycles. The number of rotatable bonds is 4. The average Bonchev–Trinajstić information content (AvgIpc) is 2.32. The van der Waals surface area contributed by atoms with Crippen molar-refractivity contribution in [3.63, 3.8) is 0 Å². The first-order valence-electron chi connectivity index (χ1n) is 5.62. The quantitative estimate of drug-likeness (QED) is 0.488. The molecule has 1 aromatic rings. The Hall–Kier alpha value is -1.79. The number of carbonyl (C=O) groups is 1. The van der Waals surface area contributed by atoms with E-state index in [2.05, 4.69) is 17.2 Å². The summed E-state index contributed by atoms with van der Waals surface area (Å²) in [5.41, 5.74) is 2.12. The van der Waals surface area contributed by atoms with Crippen LogP contribution in [0, 0.1) is 18.8 Å². The lowest BCUT2D eigenvalue weighted by molar-refractivity contribution is -0.121. The molecule has 0 saturated heterocycles. The molecule has 0 aliphatic carbocycles. The van der Waals surface area contributed by atoms with Crippen LogP contribution in [0.15, 0.2) is 24.3 Å². The van der Waals surface area contributed by atoms with E-state index in [1.807, 2.05) is 38.1 Å². The zero-order valence-corrected chi connectivity index (χ0v) is 10.2. The van der Waals surface area contributed by atoms with Crippen molar-refractivity contribution in [2.75, 3.05) is 13.3 Å². The Morgan fingerprint density at radius 2 is 2.06 bits per heavy atom. The molecule has 0 spiro atoms. The molecule has 3 heteroatoms. The molecule has 3 nitrogen and oxygen atoms in total. The van der Waals surface area contributed by atoms with Crippen molar-refractivity contribution in [3.05, 3.63) is 35.4 Å². The summed E-state index contributed by atoms with van der Waals surface area (Å²) in [4.78, 5) is 11.3. The number of amides is 1. The fourth-order valence-electron chi connectivity index (χ4n) is 1.16. The van der Waals surface area contributed by atoms with E-state index < -0.39 is 0 Å². The van der Waals surface area contributed by atoms with Crippen LogP contribution in [0.1, 0.15) is 24.5 Å². The highest BCUT2D eigenvalue weighted by atomic mass is 16.5. The minimum Gasteiger partial charge on any atom is -0.362 e. The molecular formula is C14H17NO2. The third-order valence-electron chi connectivity index (χ3n) is 2.11. The van der Waals surface area contributed by atoms with Gasteiger partial charge in [-0.1, -0.05) is 29.5 Å². The molecule has 90 valence electrons. The van der Waals surface area contributed by atoms with E-state index in [0.717, 1.165) is 5.56 Å². The Labute approximate surface area is 102 Å². The molecule has 0 bridgehead atoms. The van der Waals surface area contributed by atoms with Crippen LogP contribution in [0.4, 0.5) is 0 Å². The van der Waals surface area contributed by atoms with Gasteiger partial charge < -0.3 is 10.1 Å². The van der Waals surface area contributed by atoms with Crippen molar-refractivity contribution in [3.8, 4) is 11.8 Å². The van der Waals surface area contributed by atoms with Gasteiger partial charge in [0.1, 0.15) is 6.73 Å². The zero-order chi connectivity index (χ0) is 12.5. The van der Waals surface area contributed by atoms with Gasteiger partial charge in [-0.2, -0.15) is 0 Å². The SMILES string of the molecule is CCOCNC(=O)CC#Cc1ccc(C)cc1. The molecule has 0 heterocycles. The van der Waals surface area contributed by atoms with Crippen LogP contribution < -0.4 is 5.32 Å². The second kappa shape index (κ2) is 7.48. The van der Waals surface area contributed by atoms with Crippen molar-refractivity contribution >= 4 is 5.91 Å². The number of aryl methyl sites for hydroxylation is 1. The Bertz CT molecular complexity index is 412. The molecule has 0 unspecified atom stereocenters. The molecule has 0 aliphatic heterocycles. The van der Waals surface area contributed by atoms with E-state index >= 15 is 0 Å². The molecule has 0 fully saturated rings. The van der Waals surface area contributed by atoms with E-state index in [-0.39, 0.29) is 19.1 Å². The lowest BCUT2D eigenvalue weighted by atomic mass is 10.1. The highest BCUT2D eigenvalue weighted by Crippen LogP contribution is 2.00. The summed E-state index contributed by atoms with van der Waals surface area (Å²) in [7, 11) is 0. The Kier molecular flexibility index (Phi) is 5.84. The molecular weight excluding hydrogens is 214 g/mol. The second-order valence-electron chi connectivity index (χ2n) is 3.58. The van der Waals surface area contributed by atoms with Gasteiger partial charge in [-0.3, -0.25) is 4.79 Å². The fourth-order valence-corrected chi connectivity index (χ4v) is 1.16. The lowest BCUT2D eigenvalue weighted by Crippen LogP contribution is -2.25. The third kappa shape index (κ3) is 5.74. The number of nitrogens with one attached hydrogen (secondary N) is 1. The van der Waals surface area contributed by atoms with Crippen LogP contribution in [0.25, 0.3) is 0 Å². The minimum absolute atomic E-state index is 0.113. The molecule has 0 radical (unpaired) electrons. The van der Waals surface area contributed by atoms with Crippen LogP contribution in [0.3, 0.4) is 0 Å². The number of hydrogen-bond donors (Lipinski definition) is 1. The van der Waals surface area contributed by atoms with Crippen LogP contribution in [-0.4, -0.2) is 19.2 Å². The fraction of sp³-hybridized carbons (Fsp3) is 0.357. The molecule has 0 saturated carbocycles. The molecule has 0 aliphatic rings. The summed E-state index contributed by atoms with van der Waals surface area (Å²) in [6.07, 6.45) is 0.195. The van der Waals surface area contributed by atoms with Crippen LogP contribution >= 0.6 is 0 Å². The first-order chi connectivity index (χ1) is 8.22. The topological polar surface area (TPSA) is 38.3 Å². The molecule has 0 atom stereocenters. The van der Waals surface area contributed by atoms with E-state index in [1.54, 1.807) is 0 Å². The highest BCUT2D eigenvalue weighted by molar-refractivity contribution is 5.78. The smallest absolute Gasteiger partial charge is 0.233 e. The summed E-state index contributed by atoms with van der Waals surface area (Å²) in [5.74, 6) is 5.66. The van der Waals surface area contributed by atoms with Gasteiger partial charge in [0.25, 0.3) is 0 Å². The van der Waals surface area contributed by atoms with Crippen molar-refractivity contribution in [2.24, 2.45) is 0 Å². The summed E-state index contributed by atoms with van der Waals surface area (Å²) in [6.45, 7) is 4.75. The van der Waals surface area contributed by atoms with Crippen LogP contribution in [0.5, 0.6) is 0 Å². The maximum Gasteiger partial charge on any atom is 0.233 e. The standard InChI is InChI=1S/C14H17NO2/c1-3-17-11-15-14(16)6-4-5-13-9-7-12(2)8-10-13/h7-10H,3,6,11H2,1-2H3,(H,15,16). The number of hydrogen-bond acceptors (Lipinski definition) is 2. The summed E-state index contributed by atoms with van der Waals surface area (Å²) in [6, 6.07) is 7.89. The van der Waals surface area contributed by atoms with Crippen molar-refractivity contribution in [1.82, 2.24) is 5.32 Å². The first kappa shape index (κ1) is 13.3. The van der Waals surface area contributed by atoms with Gasteiger partial charge in [0.2, 0.25) is 5.91 Å². The number of carbonyl (C=O) groups excluding carboxylic acids is 1. The maximum atomic E-state index is 11.3. The monoisotopic (exact) mass is 231 g/mol. The molecule has 1 N–H and O–H groups in total. The van der Waals surface area contributed by atoms with Crippen molar-refractivity contribution < 1.29 is 9.53 Å². The predicted octanol–water partition coefficient (Wildman–Crippen LogP) is 1.85. The van der Waals surface area contributed by atoms with E-state index in [1.165, 1.54) is 5.56 Å². The highest BCUT2D eigenvalue weighted by Gasteiger charge is 1.95. The first-order valence-corrected chi connectivity index (χ1v) is 5.62. The van der Waals surface area contributed by atoms with Gasteiger partial charge in [-0.05, 0) is 26.0 Å². The third-order valence-corrected chi connectivity index (χ3v) is 2.11. The van der Waals surface area contributed by atoms with Gasteiger partial charge in [0.15, 0.2) is 0 Å². The van der Waals surface area contributed by atoms with E-state index in [0.29, 0.717) is 6.61 Å². The number of benzene rings is 1. The Morgan fingerprint density at radius 1 is 1.35 bits per heavy atom. The van der Waals surface area contributed by atoms with Gasteiger partial charge in [0.05, 0.1) is 6.42 Å². The Balaban J connectivity index is 2.35. The second-order valence-corrected chi connectivity index (χ2v) is 3.58. The largest absolute Gasteiger partial charge is 0.362 e. The summed E-state index contributed by atoms with van der Waals surface area (Å²) >= 11 is 0. The summed E-state index contributed by atoms with van der Waals surface area (Å²) < 4.78 is 5.00. The van der Waals surface area contributed by atoms with Gasteiger partial charge in [0, 0.05) is 12.2 Å². The van der Waals surface area contributed by atoms with E-state index in [9.17, 15) is 4.79 Å². The average molecular weight is 231 g/mol. The molecule has 1 aromatic carbocycles. The predicted molar refractivity (Wildman–Crippen MR) is 67.3 cm³/mol. The maximum absolute atomic E-state index is 11.3. The van der Waals surface area contributed by atoms with Crippen molar-refractivity contribution in [2.45, 2.75) is 20.3 Å². The normalized spacial score (nSPS) is 9.29. The Morgan fingerprint density at radius 3 is 2.71 bits per heavy atom. The van der Waals surface area contributed by atoms with Gasteiger partial charge in [-0.25, -0.2) is 0 Å². The molecule has 1 amide bonds. The minimum atomic E-state index is -0.113. The lowest BCUT2D eigenvalue weighted by Gasteiger charge is -2.01. The van der Waals surface area contributed by atoms with E-state index in [4.69, 9.17) is 4.74 Å². The van der Waals surface area contributed by atoms with Gasteiger partial charge >= 0.3 is 0 Å². The summed E-state index contributed by atoms with van der Waals surface area (Å²) in [5, 5.41) is 2.62. The van der Waals surface area contributed by atoms with Crippen LogP contribution in [0.2, 0.25) is 0 Å². The number of ether oxygens (including phenoxy) is 1. The zero-order valence-electron chi connectivity index (χ0n) is 10.2. The molecule has 17 heavy (non-hydrogen) atoms. The van der Waals surface area contributed by atoms with Gasteiger partial charge in [-0.15, -0.1) is 0 Å². The molecule has 1 rings (SSSR count). The van der Waals surface area contributed by atoms with Crippen molar-refractivity contribution in [1.29, 1.82) is 0 Å².